The molecule has 2 aromatic heterocycles. The predicted molar refractivity (Wildman–Crippen MR) is 102 cm³/mol. The first kappa shape index (κ1) is 17.9. The highest BCUT2D eigenvalue weighted by molar-refractivity contribution is 6.00. The maximum atomic E-state index is 12.7. The molecule has 3 aromatic rings. The summed E-state index contributed by atoms with van der Waals surface area (Å²) in [5, 5.41) is 6.99. The zero-order valence-electron chi connectivity index (χ0n) is 15.7. The van der Waals surface area contributed by atoms with E-state index < -0.39 is 11.9 Å². The molecule has 0 unspecified atom stereocenters. The molecule has 28 heavy (non-hydrogen) atoms. The molecule has 0 bridgehead atoms. The van der Waals surface area contributed by atoms with Gasteiger partial charge in [-0.3, -0.25) is 14.5 Å². The third kappa shape index (κ3) is 3.51. The summed E-state index contributed by atoms with van der Waals surface area (Å²) in [4.78, 5) is 35.3. The first-order valence-electron chi connectivity index (χ1n) is 9.07. The number of nitrogens with one attached hydrogen (secondary N) is 1. The van der Waals surface area contributed by atoms with E-state index >= 15 is 0 Å². The van der Waals surface area contributed by atoms with Crippen LogP contribution in [0.1, 0.15) is 28.3 Å². The van der Waals surface area contributed by atoms with Crippen molar-refractivity contribution in [3.05, 3.63) is 59.9 Å². The molecule has 1 aliphatic rings. The topological polar surface area (TPSA) is 97.9 Å². The number of carbonyl (C=O) groups excluding carboxylic acids is 2. The van der Waals surface area contributed by atoms with E-state index in [1.807, 2.05) is 48.0 Å². The molecule has 0 spiro atoms. The van der Waals surface area contributed by atoms with Crippen LogP contribution in [0.15, 0.2) is 42.9 Å². The van der Waals surface area contributed by atoms with Gasteiger partial charge >= 0.3 is 0 Å². The maximum Gasteiger partial charge on any atom is 0.291 e. The fourth-order valence-corrected chi connectivity index (χ4v) is 3.29. The van der Waals surface area contributed by atoms with Crippen LogP contribution in [0, 0.1) is 6.92 Å². The van der Waals surface area contributed by atoms with Gasteiger partial charge in [0.25, 0.3) is 11.8 Å². The number of rotatable bonds is 4. The van der Waals surface area contributed by atoms with Gasteiger partial charge in [-0.1, -0.05) is 30.3 Å². The monoisotopic (exact) mass is 379 g/mol. The van der Waals surface area contributed by atoms with Gasteiger partial charge in [-0.25, -0.2) is 14.6 Å². The number of nitrogens with zero attached hydrogens (tertiary/aromatic N) is 6. The van der Waals surface area contributed by atoms with E-state index in [9.17, 15) is 9.59 Å². The van der Waals surface area contributed by atoms with Crippen molar-refractivity contribution >= 4 is 17.8 Å². The van der Waals surface area contributed by atoms with Gasteiger partial charge in [0, 0.05) is 19.8 Å². The van der Waals surface area contributed by atoms with Crippen molar-refractivity contribution in [2.75, 3.05) is 11.9 Å². The van der Waals surface area contributed by atoms with Gasteiger partial charge in [-0.2, -0.15) is 0 Å². The average Bonchev–Trinajstić information content (AvgIpc) is 3.28. The highest BCUT2D eigenvalue weighted by atomic mass is 16.2. The summed E-state index contributed by atoms with van der Waals surface area (Å²) in [6, 6.07) is 9.14. The van der Waals surface area contributed by atoms with Gasteiger partial charge in [0.15, 0.2) is 0 Å². The number of carbonyl (C=O) groups is 2. The molecule has 0 fully saturated rings. The molecule has 0 aliphatic carbocycles. The van der Waals surface area contributed by atoms with E-state index in [4.69, 9.17) is 0 Å². The number of aromatic nitrogens is 5. The number of anilines is 1. The Morgan fingerprint density at radius 2 is 2.07 bits per heavy atom. The van der Waals surface area contributed by atoms with E-state index in [0.29, 0.717) is 25.5 Å². The van der Waals surface area contributed by atoms with Gasteiger partial charge in [0.1, 0.15) is 12.4 Å². The molecule has 144 valence electrons. The molecule has 2 amide bonds. The molecule has 0 radical (unpaired) electrons. The number of likely N-dealkylation sites (N-methyl/N-ethyl adjacent to an activating group) is 1. The Morgan fingerprint density at radius 1 is 1.29 bits per heavy atom. The lowest BCUT2D eigenvalue weighted by molar-refractivity contribution is -0.120. The first-order valence-corrected chi connectivity index (χ1v) is 9.07. The molecule has 3 heterocycles. The Balaban J connectivity index is 1.44. The third-order valence-corrected chi connectivity index (χ3v) is 4.70. The summed E-state index contributed by atoms with van der Waals surface area (Å²) in [5.41, 5.74) is 1.91. The van der Waals surface area contributed by atoms with Crippen LogP contribution >= 0.6 is 0 Å². The van der Waals surface area contributed by atoms with Crippen molar-refractivity contribution < 1.29 is 9.59 Å². The largest absolute Gasteiger partial charge is 0.337 e. The molecular formula is C19H21N7O2. The van der Waals surface area contributed by atoms with E-state index in [2.05, 4.69) is 20.4 Å². The summed E-state index contributed by atoms with van der Waals surface area (Å²) in [7, 11) is 1.66. The van der Waals surface area contributed by atoms with Gasteiger partial charge in [0.05, 0.1) is 12.2 Å². The highest BCUT2D eigenvalue weighted by Crippen LogP contribution is 2.19. The van der Waals surface area contributed by atoms with Crippen molar-refractivity contribution in [1.82, 2.24) is 29.6 Å². The predicted octanol–water partition coefficient (Wildman–Crippen LogP) is 0.996. The Labute approximate surface area is 162 Å². The smallest absolute Gasteiger partial charge is 0.291 e. The molecule has 1 aliphatic heterocycles. The lowest BCUT2D eigenvalue weighted by atomic mass is 10.2. The number of aryl methyl sites for hydroxylation is 2. The lowest BCUT2D eigenvalue weighted by Gasteiger charge is -2.19. The standard InChI is InChI=1S/C19H21N7O2/c1-13-10-25-9-8-15(18(28)24(2)19(25)21-13)22-17(27)16-20-12-26(23-16)11-14-6-4-3-5-7-14/h3-7,10,12,15H,8-9,11H2,1-2H3,(H,22,27)/t15-/m1/s1. The fourth-order valence-electron chi connectivity index (χ4n) is 3.29. The first-order chi connectivity index (χ1) is 13.5. The Kier molecular flexibility index (Phi) is 4.64. The van der Waals surface area contributed by atoms with Crippen LogP contribution in [0.25, 0.3) is 0 Å². The second kappa shape index (κ2) is 7.26. The molecule has 4 rings (SSSR count). The minimum atomic E-state index is -0.652. The SMILES string of the molecule is Cc1cn2c(n1)N(C)C(=O)[C@H](NC(=O)c1ncn(Cc3ccccc3)n1)CC2. The minimum Gasteiger partial charge on any atom is -0.337 e. The van der Waals surface area contributed by atoms with E-state index in [0.717, 1.165) is 11.3 Å². The number of hydrogen-bond donors (Lipinski definition) is 1. The van der Waals surface area contributed by atoms with Crippen molar-refractivity contribution in [3.63, 3.8) is 0 Å². The molecule has 1 atom stereocenters. The zero-order chi connectivity index (χ0) is 19.7. The van der Waals surface area contributed by atoms with Crippen LogP contribution < -0.4 is 10.2 Å². The summed E-state index contributed by atoms with van der Waals surface area (Å²) in [6.45, 7) is 3.00. The third-order valence-electron chi connectivity index (χ3n) is 4.70. The molecule has 0 saturated carbocycles. The van der Waals surface area contributed by atoms with Gasteiger partial charge in [-0.15, -0.1) is 5.10 Å². The van der Waals surface area contributed by atoms with Crippen molar-refractivity contribution in [2.24, 2.45) is 0 Å². The number of fused-ring (bicyclic) bond motifs is 1. The molecule has 1 aromatic carbocycles. The van der Waals surface area contributed by atoms with Crippen molar-refractivity contribution in [3.8, 4) is 0 Å². The number of hydrogen-bond acceptors (Lipinski definition) is 5. The second-order valence-corrected chi connectivity index (χ2v) is 6.84. The summed E-state index contributed by atoms with van der Waals surface area (Å²) in [5.74, 6) is -0.0376. The van der Waals surface area contributed by atoms with Crippen LogP contribution in [0.2, 0.25) is 0 Å². The average molecular weight is 379 g/mol. The molecule has 9 heteroatoms. The normalized spacial score (nSPS) is 16.6. The van der Waals surface area contributed by atoms with Crippen LogP contribution in [0.3, 0.4) is 0 Å². The molecule has 1 N–H and O–H groups in total. The van der Waals surface area contributed by atoms with Crippen LogP contribution in [-0.4, -0.2) is 49.2 Å². The molecule has 9 nitrogen and oxygen atoms in total. The summed E-state index contributed by atoms with van der Waals surface area (Å²) < 4.78 is 3.52. The summed E-state index contributed by atoms with van der Waals surface area (Å²) >= 11 is 0. The Bertz CT molecular complexity index is 1010. The van der Waals surface area contributed by atoms with Gasteiger partial charge in [-0.05, 0) is 18.9 Å². The molecule has 0 saturated heterocycles. The highest BCUT2D eigenvalue weighted by Gasteiger charge is 2.31. The number of amides is 2. The quantitative estimate of drug-likeness (QED) is 0.729. The molecular weight excluding hydrogens is 358 g/mol. The second-order valence-electron chi connectivity index (χ2n) is 6.84. The van der Waals surface area contributed by atoms with E-state index in [1.165, 1.54) is 11.2 Å². The van der Waals surface area contributed by atoms with E-state index in [1.54, 1.807) is 11.7 Å². The Hall–Kier alpha value is -3.49. The van der Waals surface area contributed by atoms with Crippen LogP contribution in [0.5, 0.6) is 0 Å². The minimum absolute atomic E-state index is 0.0456. The van der Waals surface area contributed by atoms with Crippen molar-refractivity contribution in [1.29, 1.82) is 0 Å². The number of benzene rings is 1. The van der Waals surface area contributed by atoms with Gasteiger partial charge in [0.2, 0.25) is 11.8 Å². The fraction of sp³-hybridized carbons (Fsp3) is 0.316. The number of imidazole rings is 1. The lowest BCUT2D eigenvalue weighted by Crippen LogP contribution is -2.47. The van der Waals surface area contributed by atoms with Gasteiger partial charge < -0.3 is 9.88 Å². The summed E-state index contributed by atoms with van der Waals surface area (Å²) in [6.07, 6.45) is 3.89. The van der Waals surface area contributed by atoms with E-state index in [-0.39, 0.29) is 11.7 Å². The van der Waals surface area contributed by atoms with Crippen LogP contribution in [0.4, 0.5) is 5.95 Å². The maximum absolute atomic E-state index is 12.7. The van der Waals surface area contributed by atoms with Crippen molar-refractivity contribution in [2.45, 2.75) is 32.5 Å². The Morgan fingerprint density at radius 3 is 2.86 bits per heavy atom. The zero-order valence-corrected chi connectivity index (χ0v) is 15.7. The van der Waals surface area contributed by atoms with Crippen LogP contribution in [-0.2, 0) is 17.9 Å².